The third-order valence-corrected chi connectivity index (χ3v) is 9.44. The number of ether oxygens (including phenoxy) is 1. The van der Waals surface area contributed by atoms with E-state index in [4.69, 9.17) is 4.74 Å². The maximum atomic E-state index is 13.4. The molecule has 0 fully saturated rings. The Hall–Kier alpha value is -2.27. The highest BCUT2D eigenvalue weighted by molar-refractivity contribution is 7.93. The van der Waals surface area contributed by atoms with Gasteiger partial charge in [-0.15, -0.1) is 11.3 Å². The molecular formula is C20H20FNO5S3. The fraction of sp³-hybridized carbons (Fsp3) is 0.200. The summed E-state index contributed by atoms with van der Waals surface area (Å²) in [4.78, 5) is -0.0867. The van der Waals surface area contributed by atoms with E-state index < -0.39 is 37.5 Å². The van der Waals surface area contributed by atoms with Gasteiger partial charge < -0.3 is 4.74 Å². The van der Waals surface area contributed by atoms with Gasteiger partial charge in [0, 0.05) is 6.54 Å². The number of hydrogen-bond acceptors (Lipinski definition) is 6. The quantitative estimate of drug-likeness (QED) is 0.543. The number of sulfone groups is 1. The van der Waals surface area contributed by atoms with Gasteiger partial charge in [-0.3, -0.25) is 0 Å². The highest BCUT2D eigenvalue weighted by Gasteiger charge is 2.32. The van der Waals surface area contributed by atoms with Crippen molar-refractivity contribution in [2.45, 2.75) is 21.3 Å². The zero-order valence-electron chi connectivity index (χ0n) is 16.2. The average molecular weight is 470 g/mol. The summed E-state index contributed by atoms with van der Waals surface area (Å²) in [7, 11) is -6.64. The van der Waals surface area contributed by atoms with Gasteiger partial charge in [0.2, 0.25) is 10.0 Å². The number of rotatable bonds is 8. The van der Waals surface area contributed by atoms with Gasteiger partial charge in [0.1, 0.15) is 25.9 Å². The number of aryl methyl sites for hydroxylation is 1. The van der Waals surface area contributed by atoms with Crippen molar-refractivity contribution in [3.8, 4) is 5.75 Å². The summed E-state index contributed by atoms with van der Waals surface area (Å²) in [5.74, 6) is -0.372. The zero-order valence-corrected chi connectivity index (χ0v) is 18.7. The lowest BCUT2D eigenvalue weighted by atomic mass is 10.1. The Kier molecular flexibility index (Phi) is 6.61. The zero-order chi connectivity index (χ0) is 21.9. The van der Waals surface area contributed by atoms with E-state index in [1.165, 1.54) is 37.4 Å². The van der Waals surface area contributed by atoms with Gasteiger partial charge >= 0.3 is 0 Å². The molecule has 0 radical (unpaired) electrons. The van der Waals surface area contributed by atoms with E-state index in [1.807, 2.05) is 0 Å². The monoisotopic (exact) mass is 469 g/mol. The minimum absolute atomic E-state index is 0.0867. The molecule has 0 amide bonds. The molecule has 0 saturated carbocycles. The lowest BCUT2D eigenvalue weighted by molar-refractivity contribution is 0.402. The fourth-order valence-electron chi connectivity index (χ4n) is 2.91. The molecular weight excluding hydrogens is 449 g/mol. The van der Waals surface area contributed by atoms with Gasteiger partial charge in [-0.25, -0.2) is 25.9 Å². The smallest absolute Gasteiger partial charge is 0.244 e. The van der Waals surface area contributed by atoms with Crippen LogP contribution in [0.4, 0.5) is 4.39 Å². The third-order valence-electron chi connectivity index (χ3n) is 4.46. The molecule has 160 valence electrons. The summed E-state index contributed by atoms with van der Waals surface area (Å²) < 4.78 is 73.2. The van der Waals surface area contributed by atoms with Crippen LogP contribution in [0.5, 0.6) is 5.75 Å². The number of hydrogen-bond donors (Lipinski definition) is 1. The Morgan fingerprint density at radius 1 is 1.07 bits per heavy atom. The van der Waals surface area contributed by atoms with Crippen LogP contribution < -0.4 is 9.46 Å². The topological polar surface area (TPSA) is 89.5 Å². The van der Waals surface area contributed by atoms with Gasteiger partial charge in [-0.05, 0) is 53.8 Å². The molecule has 3 rings (SSSR count). The summed E-state index contributed by atoms with van der Waals surface area (Å²) in [6.07, 6.45) is 0. The Morgan fingerprint density at radius 2 is 1.77 bits per heavy atom. The molecule has 0 saturated heterocycles. The molecule has 10 heteroatoms. The van der Waals surface area contributed by atoms with Crippen molar-refractivity contribution < 1.29 is 26.0 Å². The molecule has 1 atom stereocenters. The first kappa shape index (κ1) is 22.4. The number of halogens is 1. The SMILES string of the molecule is COc1ccc(C)cc1S(=O)(=O)NCC(c1ccc(F)cc1)S(=O)(=O)c1cccs1. The van der Waals surface area contributed by atoms with Crippen LogP contribution in [-0.4, -0.2) is 30.5 Å². The second-order valence-corrected chi connectivity index (χ2v) is 11.6. The Bertz CT molecular complexity index is 1220. The van der Waals surface area contributed by atoms with Crippen molar-refractivity contribution in [3.63, 3.8) is 0 Å². The molecule has 3 aromatic rings. The molecule has 0 spiro atoms. The largest absolute Gasteiger partial charge is 0.495 e. The number of thiophene rings is 1. The molecule has 0 bridgehead atoms. The van der Waals surface area contributed by atoms with Crippen LogP contribution in [0.15, 0.2) is 69.1 Å². The normalized spacial score (nSPS) is 13.2. The lowest BCUT2D eigenvalue weighted by Gasteiger charge is -2.19. The predicted octanol–water partition coefficient (Wildman–Crippen LogP) is 3.70. The molecule has 1 heterocycles. The Labute approximate surface area is 179 Å². The van der Waals surface area contributed by atoms with E-state index >= 15 is 0 Å². The number of benzene rings is 2. The van der Waals surface area contributed by atoms with E-state index in [1.54, 1.807) is 24.4 Å². The van der Waals surface area contributed by atoms with Crippen molar-refractivity contribution in [1.29, 1.82) is 0 Å². The second kappa shape index (κ2) is 8.84. The van der Waals surface area contributed by atoms with Gasteiger partial charge in [0.25, 0.3) is 0 Å². The first-order valence-corrected chi connectivity index (χ1v) is 12.7. The van der Waals surface area contributed by atoms with Crippen LogP contribution in [-0.2, 0) is 19.9 Å². The second-order valence-electron chi connectivity index (χ2n) is 6.52. The molecule has 0 aliphatic rings. The molecule has 1 N–H and O–H groups in total. The first-order chi connectivity index (χ1) is 14.1. The van der Waals surface area contributed by atoms with Crippen LogP contribution in [0.3, 0.4) is 0 Å². The average Bonchev–Trinajstić information content (AvgIpc) is 3.25. The maximum absolute atomic E-state index is 13.4. The van der Waals surface area contributed by atoms with Crippen LogP contribution in [0.25, 0.3) is 0 Å². The van der Waals surface area contributed by atoms with Crippen molar-refractivity contribution >= 4 is 31.2 Å². The van der Waals surface area contributed by atoms with Crippen molar-refractivity contribution in [3.05, 3.63) is 76.9 Å². The Balaban J connectivity index is 1.98. The van der Waals surface area contributed by atoms with Crippen LogP contribution in [0.1, 0.15) is 16.4 Å². The molecule has 6 nitrogen and oxygen atoms in total. The number of sulfonamides is 1. The first-order valence-electron chi connectivity index (χ1n) is 8.82. The van der Waals surface area contributed by atoms with E-state index in [-0.39, 0.29) is 20.4 Å². The number of methoxy groups -OCH3 is 1. The van der Waals surface area contributed by atoms with Crippen molar-refractivity contribution in [2.24, 2.45) is 0 Å². The number of nitrogens with one attached hydrogen (secondary N) is 1. The molecule has 30 heavy (non-hydrogen) atoms. The van der Waals surface area contributed by atoms with Crippen LogP contribution in [0.2, 0.25) is 0 Å². The maximum Gasteiger partial charge on any atom is 0.244 e. The van der Waals surface area contributed by atoms with E-state index in [0.29, 0.717) is 5.56 Å². The van der Waals surface area contributed by atoms with Crippen molar-refractivity contribution in [2.75, 3.05) is 13.7 Å². The molecule has 2 aromatic carbocycles. The van der Waals surface area contributed by atoms with Gasteiger partial charge in [0.05, 0.1) is 7.11 Å². The molecule has 0 aliphatic carbocycles. The summed E-state index contributed by atoms with van der Waals surface area (Å²) >= 11 is 1.03. The standard InChI is InChI=1S/C20H20FNO5S3/c1-14-5-10-17(27-2)18(12-14)30(25,26)22-13-19(15-6-8-16(21)9-7-15)29(23,24)20-4-3-11-28-20/h3-12,19,22H,13H2,1-2H3. The van der Waals surface area contributed by atoms with Crippen LogP contribution >= 0.6 is 11.3 Å². The van der Waals surface area contributed by atoms with Gasteiger partial charge in [-0.2, -0.15) is 0 Å². The summed E-state index contributed by atoms with van der Waals surface area (Å²) in [5.41, 5.74) is 0.987. The van der Waals surface area contributed by atoms with Gasteiger partial charge in [-0.1, -0.05) is 24.3 Å². The van der Waals surface area contributed by atoms with Gasteiger partial charge in [0.15, 0.2) is 9.84 Å². The fourth-order valence-corrected chi connectivity index (χ4v) is 7.18. The lowest BCUT2D eigenvalue weighted by Crippen LogP contribution is -2.32. The minimum Gasteiger partial charge on any atom is -0.495 e. The van der Waals surface area contributed by atoms with E-state index in [2.05, 4.69) is 4.72 Å². The van der Waals surface area contributed by atoms with Crippen molar-refractivity contribution in [1.82, 2.24) is 4.72 Å². The molecule has 1 aromatic heterocycles. The third kappa shape index (κ3) is 4.72. The predicted molar refractivity (Wildman–Crippen MR) is 114 cm³/mol. The highest BCUT2D eigenvalue weighted by atomic mass is 32.2. The highest BCUT2D eigenvalue weighted by Crippen LogP contribution is 2.32. The summed E-state index contributed by atoms with van der Waals surface area (Å²) in [5, 5.41) is 0.387. The van der Waals surface area contributed by atoms with Crippen LogP contribution in [0, 0.1) is 12.7 Å². The molecule has 1 unspecified atom stereocenters. The minimum atomic E-state index is -4.08. The summed E-state index contributed by atoms with van der Waals surface area (Å²) in [6.45, 7) is 1.31. The van der Waals surface area contributed by atoms with E-state index in [0.717, 1.165) is 23.5 Å². The summed E-state index contributed by atoms with van der Waals surface area (Å²) in [6, 6.07) is 12.7. The molecule has 0 aliphatic heterocycles. The Morgan fingerprint density at radius 3 is 2.37 bits per heavy atom. The van der Waals surface area contributed by atoms with E-state index in [9.17, 15) is 21.2 Å².